The number of hydrogen-bond donors (Lipinski definition) is 2. The van der Waals surface area contributed by atoms with Gasteiger partial charge < -0.3 is 15.0 Å². The predicted molar refractivity (Wildman–Crippen MR) is 75.2 cm³/mol. The van der Waals surface area contributed by atoms with Crippen LogP contribution in [-0.4, -0.2) is 22.5 Å². The summed E-state index contributed by atoms with van der Waals surface area (Å²) in [5, 5.41) is 10.9. The number of nitrogens with zero attached hydrogens (tertiary/aromatic N) is 2. The molecule has 0 atom stereocenters. The number of aromatic nitrogens is 3. The molecule has 0 saturated heterocycles. The summed E-state index contributed by atoms with van der Waals surface area (Å²) in [6, 6.07) is 7.60. The molecule has 0 aliphatic heterocycles. The first-order chi connectivity index (χ1) is 9.72. The molecule has 2 heterocycles. The van der Waals surface area contributed by atoms with Crippen LogP contribution in [0.15, 0.2) is 35.0 Å². The van der Waals surface area contributed by atoms with Gasteiger partial charge in [-0.3, -0.25) is 5.10 Å². The van der Waals surface area contributed by atoms with Crippen molar-refractivity contribution >= 4 is 5.88 Å². The molecule has 102 valence electrons. The van der Waals surface area contributed by atoms with E-state index in [0.29, 0.717) is 17.0 Å². The molecular weight excluding hydrogens is 256 g/mol. The van der Waals surface area contributed by atoms with Crippen LogP contribution in [0.1, 0.15) is 5.69 Å². The topological polar surface area (TPSA) is 90.0 Å². The summed E-state index contributed by atoms with van der Waals surface area (Å²) in [5.41, 5.74) is 9.89. The average molecular weight is 270 g/mol. The first-order valence-electron chi connectivity index (χ1n) is 6.11. The first-order valence-corrected chi connectivity index (χ1v) is 6.11. The van der Waals surface area contributed by atoms with Crippen LogP contribution in [0.25, 0.3) is 22.4 Å². The molecule has 3 rings (SSSR count). The molecule has 0 saturated carbocycles. The van der Waals surface area contributed by atoms with Crippen molar-refractivity contribution in [2.75, 3.05) is 12.8 Å². The Bertz CT molecular complexity index is 745. The van der Waals surface area contributed by atoms with E-state index in [1.807, 2.05) is 31.2 Å². The van der Waals surface area contributed by atoms with Crippen molar-refractivity contribution < 1.29 is 9.26 Å². The third-order valence-electron chi connectivity index (χ3n) is 3.18. The van der Waals surface area contributed by atoms with Gasteiger partial charge in [-0.1, -0.05) is 23.4 Å². The van der Waals surface area contributed by atoms with Crippen LogP contribution in [0.5, 0.6) is 5.75 Å². The number of aromatic amines is 1. The fourth-order valence-electron chi connectivity index (χ4n) is 2.19. The molecule has 0 aliphatic carbocycles. The van der Waals surface area contributed by atoms with Gasteiger partial charge in [0.2, 0.25) is 5.88 Å². The second-order valence-corrected chi connectivity index (χ2v) is 4.38. The Morgan fingerprint density at radius 3 is 2.75 bits per heavy atom. The Labute approximate surface area is 115 Å². The van der Waals surface area contributed by atoms with Gasteiger partial charge in [0, 0.05) is 16.8 Å². The van der Waals surface area contributed by atoms with Crippen LogP contribution in [0, 0.1) is 6.92 Å². The fourth-order valence-corrected chi connectivity index (χ4v) is 2.19. The highest BCUT2D eigenvalue weighted by molar-refractivity contribution is 5.89. The largest absolute Gasteiger partial charge is 0.496 e. The first kappa shape index (κ1) is 12.3. The second kappa shape index (κ2) is 4.73. The van der Waals surface area contributed by atoms with Gasteiger partial charge >= 0.3 is 0 Å². The van der Waals surface area contributed by atoms with E-state index in [4.69, 9.17) is 15.0 Å². The smallest absolute Gasteiger partial charge is 0.230 e. The number of anilines is 1. The normalized spacial score (nSPS) is 10.7. The monoisotopic (exact) mass is 270 g/mol. The van der Waals surface area contributed by atoms with Crippen molar-refractivity contribution in [3.63, 3.8) is 0 Å². The van der Waals surface area contributed by atoms with E-state index in [1.54, 1.807) is 13.3 Å². The number of methoxy groups -OCH3 is 1. The molecule has 3 N–H and O–H groups in total. The van der Waals surface area contributed by atoms with Crippen molar-refractivity contribution in [2.45, 2.75) is 6.92 Å². The highest BCUT2D eigenvalue weighted by Crippen LogP contribution is 2.40. The van der Waals surface area contributed by atoms with Crippen LogP contribution in [0.4, 0.5) is 5.88 Å². The van der Waals surface area contributed by atoms with E-state index in [0.717, 1.165) is 16.8 Å². The Morgan fingerprint density at radius 1 is 1.25 bits per heavy atom. The minimum absolute atomic E-state index is 0.255. The Morgan fingerprint density at radius 2 is 2.05 bits per heavy atom. The van der Waals surface area contributed by atoms with Gasteiger partial charge in [-0.2, -0.15) is 5.10 Å². The molecule has 0 amide bonds. The third-order valence-corrected chi connectivity index (χ3v) is 3.18. The number of nitrogen functional groups attached to an aromatic ring is 1. The van der Waals surface area contributed by atoms with Crippen LogP contribution in [0.2, 0.25) is 0 Å². The van der Waals surface area contributed by atoms with Crippen molar-refractivity contribution in [3.05, 3.63) is 36.2 Å². The summed E-state index contributed by atoms with van der Waals surface area (Å²) in [6.07, 6.45) is 1.70. The molecule has 0 bridgehead atoms. The quantitative estimate of drug-likeness (QED) is 0.763. The molecule has 0 unspecified atom stereocenters. The number of ether oxygens (including phenoxy) is 1. The van der Waals surface area contributed by atoms with Crippen LogP contribution in [-0.2, 0) is 0 Å². The molecule has 20 heavy (non-hydrogen) atoms. The lowest BCUT2D eigenvalue weighted by atomic mass is 10.0. The zero-order valence-corrected chi connectivity index (χ0v) is 11.2. The van der Waals surface area contributed by atoms with Crippen LogP contribution >= 0.6 is 0 Å². The maximum absolute atomic E-state index is 5.94. The van der Waals surface area contributed by atoms with E-state index in [-0.39, 0.29) is 5.88 Å². The molecule has 0 fully saturated rings. The van der Waals surface area contributed by atoms with Crippen molar-refractivity contribution in [1.82, 2.24) is 15.4 Å². The minimum atomic E-state index is 0.255. The highest BCUT2D eigenvalue weighted by atomic mass is 16.5. The number of aryl methyl sites for hydroxylation is 1. The molecule has 6 heteroatoms. The lowest BCUT2D eigenvalue weighted by molar-refractivity contribution is 0.416. The predicted octanol–water partition coefficient (Wildman–Crippen LogP) is 2.63. The molecule has 0 radical (unpaired) electrons. The van der Waals surface area contributed by atoms with Crippen molar-refractivity contribution in [1.29, 1.82) is 0 Å². The van der Waals surface area contributed by atoms with Crippen molar-refractivity contribution in [3.8, 4) is 28.1 Å². The summed E-state index contributed by atoms with van der Waals surface area (Å²) < 4.78 is 10.5. The number of nitrogens with one attached hydrogen (secondary N) is 1. The lowest BCUT2D eigenvalue weighted by Crippen LogP contribution is -1.92. The second-order valence-electron chi connectivity index (χ2n) is 4.38. The number of hydrogen-bond acceptors (Lipinski definition) is 5. The van der Waals surface area contributed by atoms with Gasteiger partial charge in [-0.05, 0) is 13.0 Å². The summed E-state index contributed by atoms with van der Waals surface area (Å²) in [5.74, 6) is 0.967. The Balaban J connectivity index is 2.25. The number of benzene rings is 1. The molecule has 3 aromatic rings. The van der Waals surface area contributed by atoms with E-state index in [2.05, 4.69) is 15.4 Å². The third kappa shape index (κ3) is 1.82. The Hall–Kier alpha value is -2.76. The van der Waals surface area contributed by atoms with E-state index in [9.17, 15) is 0 Å². The molecule has 2 aromatic heterocycles. The van der Waals surface area contributed by atoms with Gasteiger partial charge in [0.1, 0.15) is 11.4 Å². The van der Waals surface area contributed by atoms with E-state index in [1.165, 1.54) is 0 Å². The summed E-state index contributed by atoms with van der Waals surface area (Å²) in [4.78, 5) is 0. The van der Waals surface area contributed by atoms with Crippen molar-refractivity contribution in [2.24, 2.45) is 0 Å². The number of rotatable bonds is 3. The maximum Gasteiger partial charge on any atom is 0.230 e. The van der Waals surface area contributed by atoms with Gasteiger partial charge in [0.15, 0.2) is 0 Å². The van der Waals surface area contributed by atoms with Crippen LogP contribution < -0.4 is 10.5 Å². The zero-order valence-electron chi connectivity index (χ0n) is 11.2. The summed E-state index contributed by atoms with van der Waals surface area (Å²) in [7, 11) is 1.62. The number of H-pyrrole nitrogens is 1. The Kier molecular flexibility index (Phi) is 2.90. The fraction of sp³-hybridized carbons (Fsp3) is 0.143. The minimum Gasteiger partial charge on any atom is -0.496 e. The molecule has 1 aromatic carbocycles. The highest BCUT2D eigenvalue weighted by Gasteiger charge is 2.22. The summed E-state index contributed by atoms with van der Waals surface area (Å²) >= 11 is 0. The maximum atomic E-state index is 5.94. The zero-order chi connectivity index (χ0) is 14.1. The van der Waals surface area contributed by atoms with E-state index < -0.39 is 0 Å². The van der Waals surface area contributed by atoms with Gasteiger partial charge in [0.05, 0.1) is 18.9 Å². The van der Waals surface area contributed by atoms with Crippen LogP contribution in [0.3, 0.4) is 0 Å². The molecule has 0 aliphatic rings. The average Bonchev–Trinajstić information content (AvgIpc) is 3.04. The molecular formula is C14H14N4O2. The van der Waals surface area contributed by atoms with Gasteiger partial charge in [0.25, 0.3) is 0 Å². The van der Waals surface area contributed by atoms with E-state index >= 15 is 0 Å². The van der Waals surface area contributed by atoms with Gasteiger partial charge in [-0.25, -0.2) is 0 Å². The standard InChI is InChI=1S/C14H14N4O2/c1-8-10(7-16-17-8)13-12(14(15)20-18-13)9-5-3-4-6-11(9)19-2/h3-7H,15H2,1-2H3,(H,16,17). The SMILES string of the molecule is COc1ccccc1-c1c(-c2cn[nH]c2C)noc1N. The number of para-hydroxylation sites is 1. The molecule has 0 spiro atoms. The number of nitrogens with two attached hydrogens (primary N) is 1. The summed E-state index contributed by atoms with van der Waals surface area (Å²) in [6.45, 7) is 1.92. The van der Waals surface area contributed by atoms with Gasteiger partial charge in [-0.15, -0.1) is 0 Å². The molecule has 6 nitrogen and oxygen atoms in total. The lowest BCUT2D eigenvalue weighted by Gasteiger charge is -2.08.